The highest BCUT2D eigenvalue weighted by Gasteiger charge is 2.06. The number of anilines is 1. The van der Waals surface area contributed by atoms with Gasteiger partial charge in [0.05, 0.1) is 17.6 Å². The third kappa shape index (κ3) is 2.82. The molecule has 2 heterocycles. The van der Waals surface area contributed by atoms with E-state index in [0.29, 0.717) is 6.07 Å². The lowest BCUT2D eigenvalue weighted by molar-refractivity contribution is -0.111. The summed E-state index contributed by atoms with van der Waals surface area (Å²) in [4.78, 5) is 16.7. The highest BCUT2D eigenvalue weighted by atomic mass is 32.1. The average molecular weight is 305 g/mol. The molecule has 3 rings (SSSR count). The number of hydrogen-bond donors (Lipinski definition) is 1. The normalized spacial score (nSPS) is 11.3. The summed E-state index contributed by atoms with van der Waals surface area (Å²) in [7, 11) is 0. The average Bonchev–Trinajstić information content (AvgIpc) is 3.03. The minimum Gasteiger partial charge on any atom is -0.320 e. The Morgan fingerprint density at radius 2 is 2.24 bits per heavy atom. The van der Waals surface area contributed by atoms with Gasteiger partial charge in [-0.15, -0.1) is 11.3 Å². The molecule has 1 amide bonds. The fourth-order valence-electron chi connectivity index (χ4n) is 1.80. The third-order valence-electron chi connectivity index (χ3n) is 2.77. The van der Waals surface area contributed by atoms with Crippen molar-refractivity contribution in [1.29, 1.82) is 0 Å². The predicted molar refractivity (Wildman–Crippen MR) is 77.1 cm³/mol. The highest BCUT2D eigenvalue weighted by molar-refractivity contribution is 7.15. The largest absolute Gasteiger partial charge is 0.320 e. The van der Waals surface area contributed by atoms with E-state index in [4.69, 9.17) is 0 Å². The van der Waals surface area contributed by atoms with E-state index in [0.717, 1.165) is 16.7 Å². The van der Waals surface area contributed by atoms with Crippen molar-refractivity contribution in [1.82, 2.24) is 9.38 Å². The van der Waals surface area contributed by atoms with Crippen LogP contribution in [0.2, 0.25) is 0 Å². The molecule has 0 saturated heterocycles. The summed E-state index contributed by atoms with van der Waals surface area (Å²) in [5.74, 6) is -2.02. The molecule has 21 heavy (non-hydrogen) atoms. The highest BCUT2D eigenvalue weighted by Crippen LogP contribution is 2.16. The maximum Gasteiger partial charge on any atom is 0.248 e. The summed E-state index contributed by atoms with van der Waals surface area (Å²) < 4.78 is 28.0. The summed E-state index contributed by atoms with van der Waals surface area (Å²) in [6, 6.07) is 2.96. The maximum absolute atomic E-state index is 13.4. The van der Waals surface area contributed by atoms with Crippen molar-refractivity contribution in [3.8, 4) is 0 Å². The Labute approximate surface area is 122 Å². The molecule has 0 fully saturated rings. The van der Waals surface area contributed by atoms with Crippen LogP contribution in [0.1, 0.15) is 5.69 Å². The number of nitrogens with zero attached hydrogens (tertiary/aromatic N) is 2. The van der Waals surface area contributed by atoms with Gasteiger partial charge in [-0.3, -0.25) is 9.20 Å². The molecule has 3 aromatic rings. The molecule has 4 nitrogen and oxygen atoms in total. The number of imidazole rings is 1. The number of hydrogen-bond acceptors (Lipinski definition) is 3. The zero-order valence-corrected chi connectivity index (χ0v) is 11.4. The van der Waals surface area contributed by atoms with Crippen LogP contribution in [0.4, 0.5) is 14.5 Å². The molecule has 106 valence electrons. The summed E-state index contributed by atoms with van der Waals surface area (Å²) >= 11 is 1.48. The number of halogens is 2. The zero-order valence-electron chi connectivity index (χ0n) is 10.6. The van der Waals surface area contributed by atoms with Crippen LogP contribution in [0.3, 0.4) is 0 Å². The van der Waals surface area contributed by atoms with Crippen LogP contribution in [-0.2, 0) is 4.79 Å². The smallest absolute Gasteiger partial charge is 0.248 e. The van der Waals surface area contributed by atoms with E-state index in [1.807, 2.05) is 16.0 Å². The van der Waals surface area contributed by atoms with Gasteiger partial charge in [0.2, 0.25) is 5.91 Å². The molecule has 0 aliphatic carbocycles. The minimum absolute atomic E-state index is 0.0694. The van der Waals surface area contributed by atoms with Crippen molar-refractivity contribution >= 4 is 34.0 Å². The van der Waals surface area contributed by atoms with E-state index in [1.165, 1.54) is 23.5 Å². The van der Waals surface area contributed by atoms with Crippen molar-refractivity contribution in [3.63, 3.8) is 0 Å². The van der Waals surface area contributed by atoms with Crippen LogP contribution < -0.4 is 5.32 Å². The molecule has 0 atom stereocenters. The first-order valence-electron chi connectivity index (χ1n) is 5.98. The van der Waals surface area contributed by atoms with Crippen molar-refractivity contribution < 1.29 is 13.6 Å². The van der Waals surface area contributed by atoms with Crippen molar-refractivity contribution in [2.24, 2.45) is 0 Å². The molecule has 0 saturated carbocycles. The molecular weight excluding hydrogens is 296 g/mol. The SMILES string of the molecule is O=C(/C=C/c1cnc2sccn12)Nc1ccc(F)cc1F. The lowest BCUT2D eigenvalue weighted by Crippen LogP contribution is -2.09. The first-order valence-corrected chi connectivity index (χ1v) is 6.86. The summed E-state index contributed by atoms with van der Waals surface area (Å²) in [6.07, 6.45) is 6.31. The monoisotopic (exact) mass is 305 g/mol. The van der Waals surface area contributed by atoms with E-state index >= 15 is 0 Å². The molecule has 1 N–H and O–H groups in total. The Kier molecular flexibility index (Phi) is 3.49. The first-order chi connectivity index (χ1) is 10.1. The van der Waals surface area contributed by atoms with Gasteiger partial charge >= 0.3 is 0 Å². The number of fused-ring (bicyclic) bond motifs is 1. The van der Waals surface area contributed by atoms with Crippen LogP contribution in [0.25, 0.3) is 11.0 Å². The number of benzene rings is 1. The Morgan fingerprint density at radius 3 is 3.05 bits per heavy atom. The summed E-state index contributed by atoms with van der Waals surface area (Å²) in [5.41, 5.74) is 0.668. The van der Waals surface area contributed by atoms with Crippen LogP contribution in [0.5, 0.6) is 0 Å². The molecule has 0 spiro atoms. The predicted octanol–water partition coefficient (Wildman–Crippen LogP) is 3.33. The molecule has 7 heteroatoms. The Balaban J connectivity index is 1.74. The van der Waals surface area contributed by atoms with Crippen molar-refractivity contribution in [3.05, 3.63) is 59.4 Å². The third-order valence-corrected chi connectivity index (χ3v) is 3.54. The maximum atomic E-state index is 13.4. The van der Waals surface area contributed by atoms with Gasteiger partial charge in [0.1, 0.15) is 11.6 Å². The molecular formula is C14H9F2N3OS. The van der Waals surface area contributed by atoms with Crippen molar-refractivity contribution in [2.45, 2.75) is 0 Å². The van der Waals surface area contributed by atoms with Gasteiger partial charge in [-0.25, -0.2) is 13.8 Å². The molecule has 0 unspecified atom stereocenters. The van der Waals surface area contributed by atoms with E-state index in [2.05, 4.69) is 10.3 Å². The van der Waals surface area contributed by atoms with E-state index in [-0.39, 0.29) is 5.69 Å². The van der Waals surface area contributed by atoms with Crippen LogP contribution in [-0.4, -0.2) is 15.3 Å². The standard InChI is InChI=1S/C14H9F2N3OS/c15-9-1-3-12(11(16)7-9)18-13(20)4-2-10-8-17-14-19(10)5-6-21-14/h1-8H,(H,18,20)/b4-2+. The van der Waals surface area contributed by atoms with Crippen LogP contribution in [0, 0.1) is 11.6 Å². The lowest BCUT2D eigenvalue weighted by Gasteiger charge is -2.03. The van der Waals surface area contributed by atoms with Gasteiger partial charge in [0.15, 0.2) is 4.96 Å². The van der Waals surface area contributed by atoms with Gasteiger partial charge in [0, 0.05) is 23.7 Å². The van der Waals surface area contributed by atoms with Gasteiger partial charge < -0.3 is 5.32 Å². The summed E-state index contributed by atoms with van der Waals surface area (Å²) in [5, 5.41) is 4.23. The number of carbonyl (C=O) groups excluding carboxylic acids is 1. The molecule has 0 aliphatic heterocycles. The van der Waals surface area contributed by atoms with Crippen molar-refractivity contribution in [2.75, 3.05) is 5.32 Å². The second-order valence-electron chi connectivity index (χ2n) is 4.19. The molecule has 0 aliphatic rings. The fraction of sp³-hybridized carbons (Fsp3) is 0. The second kappa shape index (κ2) is 5.45. The quantitative estimate of drug-likeness (QED) is 0.755. The Bertz CT molecular complexity index is 838. The number of thiazole rings is 1. The minimum atomic E-state index is -0.818. The van der Waals surface area contributed by atoms with Gasteiger partial charge in [0.25, 0.3) is 0 Å². The second-order valence-corrected chi connectivity index (χ2v) is 5.06. The van der Waals surface area contributed by atoms with E-state index < -0.39 is 17.5 Å². The number of amides is 1. The number of carbonyl (C=O) groups is 1. The van der Waals surface area contributed by atoms with Crippen LogP contribution in [0.15, 0.2) is 42.0 Å². The van der Waals surface area contributed by atoms with Gasteiger partial charge in [-0.1, -0.05) is 0 Å². The summed E-state index contributed by atoms with van der Waals surface area (Å²) in [6.45, 7) is 0. The molecule has 0 bridgehead atoms. The van der Waals surface area contributed by atoms with Gasteiger partial charge in [-0.2, -0.15) is 0 Å². The number of rotatable bonds is 3. The van der Waals surface area contributed by atoms with Gasteiger partial charge in [-0.05, 0) is 18.2 Å². The number of nitrogens with one attached hydrogen (secondary N) is 1. The molecule has 1 aromatic carbocycles. The zero-order chi connectivity index (χ0) is 14.8. The van der Waals surface area contributed by atoms with Crippen LogP contribution >= 0.6 is 11.3 Å². The Hall–Kier alpha value is -2.54. The lowest BCUT2D eigenvalue weighted by atomic mass is 10.3. The van der Waals surface area contributed by atoms with E-state index in [1.54, 1.807) is 12.3 Å². The number of aromatic nitrogens is 2. The van der Waals surface area contributed by atoms with E-state index in [9.17, 15) is 13.6 Å². The molecule has 0 radical (unpaired) electrons. The topological polar surface area (TPSA) is 46.4 Å². The Morgan fingerprint density at radius 1 is 1.38 bits per heavy atom. The fourth-order valence-corrected chi connectivity index (χ4v) is 2.49. The first kappa shape index (κ1) is 13.4. The molecule has 2 aromatic heterocycles.